The minimum Gasteiger partial charge on any atom is -0.488 e. The molecule has 2 nitrogen and oxygen atoms in total. The number of rotatable bonds is 3. The minimum absolute atomic E-state index is 0.334. The highest BCUT2D eigenvalue weighted by atomic mass is 16.5. The molecule has 0 aromatic heterocycles. The number of likely N-dealkylation sites (N-methyl/N-ethyl adjacent to an activating group) is 1. The first kappa shape index (κ1) is 11.1. The van der Waals surface area contributed by atoms with Gasteiger partial charge in [-0.3, -0.25) is 0 Å². The van der Waals surface area contributed by atoms with Gasteiger partial charge in [-0.05, 0) is 37.4 Å². The van der Waals surface area contributed by atoms with E-state index in [1.807, 2.05) is 0 Å². The van der Waals surface area contributed by atoms with Gasteiger partial charge in [-0.1, -0.05) is 31.0 Å². The summed E-state index contributed by atoms with van der Waals surface area (Å²) >= 11 is 0. The number of fused-ring (bicyclic) bond motifs is 1. The molecule has 1 aromatic rings. The van der Waals surface area contributed by atoms with Crippen molar-refractivity contribution in [3.63, 3.8) is 0 Å². The maximum absolute atomic E-state index is 6.11. The molecule has 1 aliphatic heterocycles. The fraction of sp³-hybridized carbons (Fsp3) is 0.600. The largest absolute Gasteiger partial charge is 0.488 e. The van der Waals surface area contributed by atoms with Crippen LogP contribution >= 0.6 is 0 Å². The molecule has 1 heterocycles. The maximum atomic E-state index is 6.11. The second-order valence-corrected chi connectivity index (χ2v) is 5.33. The van der Waals surface area contributed by atoms with Gasteiger partial charge in [-0.2, -0.15) is 0 Å². The first-order valence-electron chi connectivity index (χ1n) is 6.80. The zero-order valence-electron chi connectivity index (χ0n) is 10.5. The van der Waals surface area contributed by atoms with Gasteiger partial charge in [0.05, 0.1) is 0 Å². The van der Waals surface area contributed by atoms with Crippen molar-refractivity contribution in [1.82, 2.24) is 5.32 Å². The molecule has 2 heteroatoms. The van der Waals surface area contributed by atoms with Crippen LogP contribution in [0.5, 0.6) is 5.75 Å². The number of para-hydroxylation sites is 1. The lowest BCUT2D eigenvalue weighted by atomic mass is 9.91. The summed E-state index contributed by atoms with van der Waals surface area (Å²) in [5.41, 5.74) is 1.37. The predicted molar refractivity (Wildman–Crippen MR) is 69.4 cm³/mol. The average Bonchev–Trinajstić information content (AvgIpc) is 2.98. The van der Waals surface area contributed by atoms with Gasteiger partial charge in [0.15, 0.2) is 0 Å². The lowest BCUT2D eigenvalue weighted by Crippen LogP contribution is -2.45. The van der Waals surface area contributed by atoms with E-state index in [2.05, 4.69) is 36.6 Å². The summed E-state index contributed by atoms with van der Waals surface area (Å²) in [6.45, 7) is 0. The topological polar surface area (TPSA) is 21.3 Å². The Morgan fingerprint density at radius 1 is 1.24 bits per heavy atom. The summed E-state index contributed by atoms with van der Waals surface area (Å²) in [5, 5.41) is 3.50. The van der Waals surface area contributed by atoms with Crippen molar-refractivity contribution in [2.24, 2.45) is 5.92 Å². The van der Waals surface area contributed by atoms with Crippen molar-refractivity contribution in [3.05, 3.63) is 29.8 Å². The zero-order valence-corrected chi connectivity index (χ0v) is 10.5. The molecule has 0 saturated heterocycles. The summed E-state index contributed by atoms with van der Waals surface area (Å²) in [6, 6.07) is 8.97. The average molecular weight is 231 g/mol. The van der Waals surface area contributed by atoms with Gasteiger partial charge < -0.3 is 10.1 Å². The molecule has 0 radical (unpaired) electrons. The Labute approximate surface area is 103 Å². The Morgan fingerprint density at radius 2 is 2.00 bits per heavy atom. The molecule has 1 fully saturated rings. The van der Waals surface area contributed by atoms with E-state index in [1.54, 1.807) is 0 Å². The highest BCUT2D eigenvalue weighted by molar-refractivity contribution is 5.37. The van der Waals surface area contributed by atoms with Crippen molar-refractivity contribution in [2.75, 3.05) is 7.05 Å². The fourth-order valence-electron chi connectivity index (χ4n) is 3.45. The van der Waals surface area contributed by atoms with Crippen LogP contribution in [-0.2, 0) is 6.42 Å². The second kappa shape index (κ2) is 4.69. The number of hydrogen-bond acceptors (Lipinski definition) is 2. The van der Waals surface area contributed by atoms with Gasteiger partial charge >= 0.3 is 0 Å². The third-order valence-electron chi connectivity index (χ3n) is 4.31. The van der Waals surface area contributed by atoms with E-state index >= 15 is 0 Å². The summed E-state index contributed by atoms with van der Waals surface area (Å²) in [5.74, 6) is 1.90. The number of benzene rings is 1. The van der Waals surface area contributed by atoms with Crippen molar-refractivity contribution < 1.29 is 4.74 Å². The highest BCUT2D eigenvalue weighted by Gasteiger charge is 2.35. The van der Waals surface area contributed by atoms with E-state index in [9.17, 15) is 0 Å². The summed E-state index contributed by atoms with van der Waals surface area (Å²) in [7, 11) is 2.08. The Morgan fingerprint density at radius 3 is 2.71 bits per heavy atom. The molecular weight excluding hydrogens is 210 g/mol. The molecule has 92 valence electrons. The Balaban J connectivity index is 1.73. The van der Waals surface area contributed by atoms with Crippen LogP contribution in [-0.4, -0.2) is 19.2 Å². The lowest BCUT2D eigenvalue weighted by Gasteiger charge is -2.28. The second-order valence-electron chi connectivity index (χ2n) is 5.33. The van der Waals surface area contributed by atoms with Crippen molar-refractivity contribution in [2.45, 2.75) is 44.2 Å². The van der Waals surface area contributed by atoms with Gasteiger partial charge in [0.1, 0.15) is 11.9 Å². The molecule has 0 spiro atoms. The zero-order chi connectivity index (χ0) is 11.7. The molecule has 17 heavy (non-hydrogen) atoms. The van der Waals surface area contributed by atoms with Gasteiger partial charge in [0, 0.05) is 12.5 Å². The van der Waals surface area contributed by atoms with E-state index in [4.69, 9.17) is 4.74 Å². The van der Waals surface area contributed by atoms with Crippen LogP contribution in [0.15, 0.2) is 24.3 Å². The summed E-state index contributed by atoms with van der Waals surface area (Å²) in [4.78, 5) is 0. The first-order valence-corrected chi connectivity index (χ1v) is 6.80. The molecule has 1 N–H and O–H groups in total. The van der Waals surface area contributed by atoms with Gasteiger partial charge in [-0.15, -0.1) is 0 Å². The quantitative estimate of drug-likeness (QED) is 0.863. The lowest BCUT2D eigenvalue weighted by molar-refractivity contribution is 0.146. The van der Waals surface area contributed by atoms with E-state index in [0.717, 1.165) is 18.1 Å². The smallest absolute Gasteiger partial charge is 0.123 e. The first-order chi connectivity index (χ1) is 8.38. The van der Waals surface area contributed by atoms with Crippen LogP contribution in [0.4, 0.5) is 0 Å². The molecule has 2 unspecified atom stereocenters. The SMILES string of the molecule is CNC(C1CCCC1)C1Cc2ccccc2O1. The van der Waals surface area contributed by atoms with E-state index in [0.29, 0.717) is 12.1 Å². The number of ether oxygens (including phenoxy) is 1. The molecular formula is C15H21NO. The molecule has 2 aliphatic rings. The summed E-state index contributed by atoms with van der Waals surface area (Å²) in [6.07, 6.45) is 6.91. The van der Waals surface area contributed by atoms with Crippen LogP contribution in [0.25, 0.3) is 0 Å². The Kier molecular flexibility index (Phi) is 3.06. The van der Waals surface area contributed by atoms with E-state index in [-0.39, 0.29) is 0 Å². The molecule has 0 bridgehead atoms. The number of nitrogens with one attached hydrogen (secondary N) is 1. The van der Waals surface area contributed by atoms with Gasteiger partial charge in [0.2, 0.25) is 0 Å². The van der Waals surface area contributed by atoms with Crippen LogP contribution in [0, 0.1) is 5.92 Å². The van der Waals surface area contributed by atoms with Crippen LogP contribution in [0.1, 0.15) is 31.2 Å². The van der Waals surface area contributed by atoms with Crippen LogP contribution < -0.4 is 10.1 Å². The molecule has 2 atom stereocenters. The summed E-state index contributed by atoms with van der Waals surface area (Å²) < 4.78 is 6.11. The third-order valence-corrected chi connectivity index (χ3v) is 4.31. The van der Waals surface area contributed by atoms with Crippen LogP contribution in [0.2, 0.25) is 0 Å². The van der Waals surface area contributed by atoms with E-state index in [1.165, 1.54) is 31.2 Å². The van der Waals surface area contributed by atoms with Crippen molar-refractivity contribution in [3.8, 4) is 5.75 Å². The molecule has 3 rings (SSSR count). The van der Waals surface area contributed by atoms with E-state index < -0.39 is 0 Å². The predicted octanol–water partition coefficient (Wildman–Crippen LogP) is 2.77. The molecule has 0 amide bonds. The maximum Gasteiger partial charge on any atom is 0.123 e. The number of hydrogen-bond donors (Lipinski definition) is 1. The van der Waals surface area contributed by atoms with Crippen molar-refractivity contribution in [1.29, 1.82) is 0 Å². The molecule has 1 saturated carbocycles. The fourth-order valence-corrected chi connectivity index (χ4v) is 3.45. The third kappa shape index (κ3) is 2.06. The van der Waals surface area contributed by atoms with Gasteiger partial charge in [0.25, 0.3) is 0 Å². The normalized spacial score (nSPS) is 25.6. The Hall–Kier alpha value is -1.02. The highest BCUT2D eigenvalue weighted by Crippen LogP contribution is 2.35. The standard InChI is InChI=1S/C15H21NO/c1-16-15(11-6-2-3-7-11)14-10-12-8-4-5-9-13(12)17-14/h4-5,8-9,11,14-16H,2-3,6-7,10H2,1H3. The Bertz CT molecular complexity index is 359. The molecule has 1 aliphatic carbocycles. The van der Waals surface area contributed by atoms with Crippen molar-refractivity contribution >= 4 is 0 Å². The molecule has 1 aromatic carbocycles. The van der Waals surface area contributed by atoms with Crippen LogP contribution in [0.3, 0.4) is 0 Å². The monoisotopic (exact) mass is 231 g/mol. The van der Waals surface area contributed by atoms with Gasteiger partial charge in [-0.25, -0.2) is 0 Å². The minimum atomic E-state index is 0.334.